The predicted molar refractivity (Wildman–Crippen MR) is 79.1 cm³/mol. The first-order chi connectivity index (χ1) is 8.67. The zero-order valence-corrected chi connectivity index (χ0v) is 12.7. The maximum Gasteiger partial charge on any atom is 0.303 e. The third-order valence-electron chi connectivity index (χ3n) is 4.95. The van der Waals surface area contributed by atoms with Crippen molar-refractivity contribution >= 4 is 5.97 Å². The largest absolute Gasteiger partial charge is 0.481 e. The molecule has 1 unspecified atom stereocenters. The Balaban J connectivity index is 2.88. The number of carboxylic acids is 1. The van der Waals surface area contributed by atoms with E-state index >= 15 is 0 Å². The van der Waals surface area contributed by atoms with Crippen LogP contribution in [0.4, 0.5) is 0 Å². The average molecular weight is 262 g/mol. The van der Waals surface area contributed by atoms with Gasteiger partial charge in [-0.25, -0.2) is 0 Å². The minimum atomic E-state index is -0.712. The van der Waals surface area contributed by atoms with E-state index in [9.17, 15) is 4.79 Å². The van der Waals surface area contributed by atoms with Gasteiger partial charge >= 0.3 is 5.97 Å². The fraction of sp³-hybridized carbons (Fsp3) is 0.588. The van der Waals surface area contributed by atoms with Crippen molar-refractivity contribution < 1.29 is 9.90 Å². The Hall–Kier alpha value is -1.31. The number of hydrogen-bond acceptors (Lipinski definition) is 1. The van der Waals surface area contributed by atoms with E-state index in [1.54, 1.807) is 0 Å². The summed E-state index contributed by atoms with van der Waals surface area (Å²) in [6, 6.07) is 10.4. The molecule has 0 radical (unpaired) electrons. The van der Waals surface area contributed by atoms with Crippen molar-refractivity contribution in [1.29, 1.82) is 0 Å². The standard InChI is InChI=1S/C17H26O2/c1-13(11-15(18)19)17(4,5)16(2,3)12-14-9-7-6-8-10-14/h6-10,13H,11-12H2,1-5H3,(H,18,19). The molecule has 0 fully saturated rings. The monoisotopic (exact) mass is 262 g/mol. The highest BCUT2D eigenvalue weighted by Gasteiger charge is 2.41. The number of carboxylic acid groups (broad SMARTS) is 1. The first kappa shape index (κ1) is 15.7. The summed E-state index contributed by atoms with van der Waals surface area (Å²) in [7, 11) is 0. The number of rotatable bonds is 6. The Kier molecular flexibility index (Phi) is 4.78. The summed E-state index contributed by atoms with van der Waals surface area (Å²) in [4.78, 5) is 10.9. The molecule has 2 nitrogen and oxygen atoms in total. The lowest BCUT2D eigenvalue weighted by molar-refractivity contribution is -0.139. The number of hydrogen-bond donors (Lipinski definition) is 1. The molecule has 1 rings (SSSR count). The molecule has 2 heteroatoms. The van der Waals surface area contributed by atoms with Crippen molar-refractivity contribution in [3.63, 3.8) is 0 Å². The van der Waals surface area contributed by atoms with Crippen LogP contribution in [0, 0.1) is 16.7 Å². The molecule has 0 amide bonds. The van der Waals surface area contributed by atoms with Gasteiger partial charge in [-0.05, 0) is 28.7 Å². The first-order valence-corrected chi connectivity index (χ1v) is 6.92. The highest BCUT2D eigenvalue weighted by molar-refractivity contribution is 5.67. The summed E-state index contributed by atoms with van der Waals surface area (Å²) in [5, 5.41) is 9.00. The van der Waals surface area contributed by atoms with Crippen LogP contribution in [0.3, 0.4) is 0 Å². The van der Waals surface area contributed by atoms with E-state index in [0.717, 1.165) is 6.42 Å². The zero-order chi connectivity index (χ0) is 14.7. The van der Waals surface area contributed by atoms with Gasteiger partial charge in [-0.1, -0.05) is 65.0 Å². The topological polar surface area (TPSA) is 37.3 Å². The maximum absolute atomic E-state index is 10.9. The molecule has 0 saturated carbocycles. The van der Waals surface area contributed by atoms with Crippen molar-refractivity contribution in [2.75, 3.05) is 0 Å². The number of aliphatic carboxylic acids is 1. The van der Waals surface area contributed by atoms with Crippen LogP contribution >= 0.6 is 0 Å². The van der Waals surface area contributed by atoms with E-state index < -0.39 is 5.97 Å². The molecule has 1 aromatic rings. The van der Waals surface area contributed by atoms with E-state index in [2.05, 4.69) is 52.0 Å². The van der Waals surface area contributed by atoms with Gasteiger partial charge in [0.25, 0.3) is 0 Å². The maximum atomic E-state index is 10.9. The minimum absolute atomic E-state index is 0.0404. The minimum Gasteiger partial charge on any atom is -0.481 e. The molecule has 0 aliphatic heterocycles. The highest BCUT2D eigenvalue weighted by atomic mass is 16.4. The summed E-state index contributed by atoms with van der Waals surface area (Å²) in [5.41, 5.74) is 1.31. The fourth-order valence-electron chi connectivity index (χ4n) is 2.52. The Morgan fingerprint density at radius 1 is 1.16 bits per heavy atom. The normalized spacial score (nSPS) is 14.2. The second-order valence-corrected chi connectivity index (χ2v) is 6.77. The van der Waals surface area contributed by atoms with Crippen molar-refractivity contribution in [2.45, 2.75) is 47.5 Å². The van der Waals surface area contributed by atoms with Crippen LogP contribution in [0.5, 0.6) is 0 Å². The molecule has 0 heterocycles. The Bertz CT molecular complexity index is 418. The number of carbonyl (C=O) groups is 1. The Labute approximate surface area is 116 Å². The fourth-order valence-corrected chi connectivity index (χ4v) is 2.52. The summed E-state index contributed by atoms with van der Waals surface area (Å²) >= 11 is 0. The van der Waals surface area contributed by atoms with Crippen molar-refractivity contribution in [1.82, 2.24) is 0 Å². The van der Waals surface area contributed by atoms with E-state index in [-0.39, 0.29) is 23.2 Å². The van der Waals surface area contributed by atoms with E-state index in [0.29, 0.717) is 0 Å². The summed E-state index contributed by atoms with van der Waals surface area (Å²) in [6.45, 7) is 10.9. The van der Waals surface area contributed by atoms with Gasteiger partial charge in [0.1, 0.15) is 0 Å². The quantitative estimate of drug-likeness (QED) is 0.825. The summed E-state index contributed by atoms with van der Waals surface area (Å²) in [5.74, 6) is -0.570. The smallest absolute Gasteiger partial charge is 0.303 e. The molecule has 1 N–H and O–H groups in total. The third-order valence-corrected chi connectivity index (χ3v) is 4.95. The first-order valence-electron chi connectivity index (χ1n) is 6.92. The van der Waals surface area contributed by atoms with Crippen LogP contribution < -0.4 is 0 Å². The van der Waals surface area contributed by atoms with Gasteiger partial charge in [-0.15, -0.1) is 0 Å². The van der Waals surface area contributed by atoms with Crippen LogP contribution in [-0.4, -0.2) is 11.1 Å². The molecule has 0 aromatic heterocycles. The molecule has 1 atom stereocenters. The van der Waals surface area contributed by atoms with Gasteiger partial charge in [-0.3, -0.25) is 4.79 Å². The molecular formula is C17H26O2. The van der Waals surface area contributed by atoms with E-state index in [4.69, 9.17) is 5.11 Å². The van der Waals surface area contributed by atoms with Crippen molar-refractivity contribution in [2.24, 2.45) is 16.7 Å². The molecule has 106 valence electrons. The molecule has 1 aromatic carbocycles. The highest BCUT2D eigenvalue weighted by Crippen LogP contribution is 2.47. The predicted octanol–water partition coefficient (Wildman–Crippen LogP) is 4.39. The molecule has 0 spiro atoms. The molecular weight excluding hydrogens is 236 g/mol. The average Bonchev–Trinajstić information content (AvgIpc) is 2.28. The zero-order valence-electron chi connectivity index (χ0n) is 12.7. The second-order valence-electron chi connectivity index (χ2n) is 6.77. The van der Waals surface area contributed by atoms with Gasteiger partial charge in [0.15, 0.2) is 0 Å². The molecule has 0 saturated heterocycles. The lowest BCUT2D eigenvalue weighted by Crippen LogP contribution is -2.40. The van der Waals surface area contributed by atoms with Gasteiger partial charge in [0.05, 0.1) is 0 Å². The van der Waals surface area contributed by atoms with Gasteiger partial charge in [0.2, 0.25) is 0 Å². The lowest BCUT2D eigenvalue weighted by Gasteiger charge is -2.46. The Morgan fingerprint density at radius 2 is 1.68 bits per heavy atom. The Morgan fingerprint density at radius 3 is 2.16 bits per heavy atom. The van der Waals surface area contributed by atoms with Crippen LogP contribution in [0.2, 0.25) is 0 Å². The number of benzene rings is 1. The van der Waals surface area contributed by atoms with E-state index in [1.165, 1.54) is 5.56 Å². The van der Waals surface area contributed by atoms with Crippen molar-refractivity contribution in [3.8, 4) is 0 Å². The second kappa shape index (κ2) is 5.77. The molecule has 0 aliphatic rings. The molecule has 19 heavy (non-hydrogen) atoms. The molecule has 0 aliphatic carbocycles. The van der Waals surface area contributed by atoms with Gasteiger partial charge < -0.3 is 5.11 Å². The third kappa shape index (κ3) is 3.82. The van der Waals surface area contributed by atoms with E-state index in [1.807, 2.05) is 13.0 Å². The van der Waals surface area contributed by atoms with Crippen LogP contribution in [0.25, 0.3) is 0 Å². The van der Waals surface area contributed by atoms with Crippen LogP contribution in [0.1, 0.15) is 46.6 Å². The van der Waals surface area contributed by atoms with Crippen LogP contribution in [0.15, 0.2) is 30.3 Å². The lowest BCUT2D eigenvalue weighted by atomic mass is 9.59. The van der Waals surface area contributed by atoms with Crippen molar-refractivity contribution in [3.05, 3.63) is 35.9 Å². The molecule has 0 bridgehead atoms. The van der Waals surface area contributed by atoms with Gasteiger partial charge in [-0.2, -0.15) is 0 Å². The summed E-state index contributed by atoms with van der Waals surface area (Å²) in [6.07, 6.45) is 1.19. The summed E-state index contributed by atoms with van der Waals surface area (Å²) < 4.78 is 0. The van der Waals surface area contributed by atoms with Gasteiger partial charge in [0, 0.05) is 6.42 Å². The SMILES string of the molecule is CC(CC(=O)O)C(C)(C)C(C)(C)Cc1ccccc1. The van der Waals surface area contributed by atoms with Crippen LogP contribution in [-0.2, 0) is 11.2 Å².